The number of hydrogen-bond acceptors (Lipinski definition) is 5. The van der Waals surface area contributed by atoms with Crippen LogP contribution in [0.3, 0.4) is 0 Å². The molecule has 0 aromatic carbocycles. The Balaban J connectivity index is 1.37. The van der Waals surface area contributed by atoms with Gasteiger partial charge >= 0.3 is 0 Å². The maximum atomic E-state index is 12.8. The molecule has 2 aliphatic heterocycles. The van der Waals surface area contributed by atoms with Crippen molar-refractivity contribution in [2.75, 3.05) is 13.1 Å². The molecule has 6 nitrogen and oxygen atoms in total. The standard InChI is InChI=1S/C25H30N4O2/c1-17(2)8-9-24-20-11-19(23-6-3-7-25(30)29(23)24)14-28(15-20)16-21-12-22(27-31-21)18-5-4-10-26-13-18/h3-7,10,12-13,17,19-20,24H,8-9,11,14-16H2,1-2H3/t19-,20+,24+/m1/s1. The molecule has 3 aromatic heterocycles. The average molecular weight is 419 g/mol. The summed E-state index contributed by atoms with van der Waals surface area (Å²) in [5.74, 6) is 2.40. The lowest BCUT2D eigenvalue weighted by molar-refractivity contribution is 0.0738. The van der Waals surface area contributed by atoms with Gasteiger partial charge in [-0.05, 0) is 49.3 Å². The molecule has 2 aliphatic rings. The van der Waals surface area contributed by atoms with Crippen LogP contribution in [0.15, 0.2) is 58.1 Å². The third kappa shape index (κ3) is 4.09. The first-order chi connectivity index (χ1) is 15.1. The van der Waals surface area contributed by atoms with Crippen molar-refractivity contribution in [1.82, 2.24) is 19.6 Å². The van der Waals surface area contributed by atoms with Crippen molar-refractivity contribution in [3.8, 4) is 11.3 Å². The van der Waals surface area contributed by atoms with Crippen LogP contribution in [0.5, 0.6) is 0 Å². The molecule has 5 heterocycles. The quantitative estimate of drug-likeness (QED) is 0.590. The molecule has 162 valence electrons. The highest BCUT2D eigenvalue weighted by molar-refractivity contribution is 5.57. The number of rotatable bonds is 6. The second kappa shape index (κ2) is 8.42. The molecule has 3 aromatic rings. The fourth-order valence-electron chi connectivity index (χ4n) is 5.40. The minimum absolute atomic E-state index is 0.158. The molecule has 0 spiro atoms. The predicted octanol–water partition coefficient (Wildman–Crippen LogP) is 4.49. The number of pyridine rings is 2. The number of piperidine rings is 1. The van der Waals surface area contributed by atoms with Crippen LogP contribution >= 0.6 is 0 Å². The zero-order valence-corrected chi connectivity index (χ0v) is 18.3. The molecule has 0 unspecified atom stereocenters. The third-order valence-corrected chi connectivity index (χ3v) is 6.81. The fourth-order valence-corrected chi connectivity index (χ4v) is 5.40. The Hall–Kier alpha value is -2.73. The Morgan fingerprint density at radius 2 is 2.10 bits per heavy atom. The Kier molecular flexibility index (Phi) is 5.48. The van der Waals surface area contributed by atoms with E-state index in [9.17, 15) is 4.79 Å². The van der Waals surface area contributed by atoms with E-state index in [2.05, 4.69) is 39.5 Å². The summed E-state index contributed by atoms with van der Waals surface area (Å²) in [5.41, 5.74) is 3.16. The van der Waals surface area contributed by atoms with Crippen LogP contribution in [-0.4, -0.2) is 32.7 Å². The van der Waals surface area contributed by atoms with E-state index < -0.39 is 0 Å². The lowest BCUT2D eigenvalue weighted by Gasteiger charge is -2.47. The van der Waals surface area contributed by atoms with E-state index in [0.717, 1.165) is 49.5 Å². The summed E-state index contributed by atoms with van der Waals surface area (Å²) in [6.07, 6.45) is 6.94. The fraction of sp³-hybridized carbons (Fsp3) is 0.480. The van der Waals surface area contributed by atoms with E-state index in [4.69, 9.17) is 4.52 Å². The van der Waals surface area contributed by atoms with Gasteiger partial charge in [-0.2, -0.15) is 0 Å². The summed E-state index contributed by atoms with van der Waals surface area (Å²) in [5, 5.41) is 4.25. The van der Waals surface area contributed by atoms with Crippen LogP contribution in [0, 0.1) is 11.8 Å². The highest BCUT2D eigenvalue weighted by atomic mass is 16.5. The zero-order valence-electron chi connectivity index (χ0n) is 18.3. The molecule has 6 heteroatoms. The summed E-state index contributed by atoms with van der Waals surface area (Å²) in [7, 11) is 0. The second-order valence-corrected chi connectivity index (χ2v) is 9.50. The zero-order chi connectivity index (χ0) is 21.4. The first-order valence-corrected chi connectivity index (χ1v) is 11.4. The molecule has 0 amide bonds. The highest BCUT2D eigenvalue weighted by Crippen LogP contribution is 2.43. The van der Waals surface area contributed by atoms with Crippen LogP contribution < -0.4 is 5.56 Å². The molecule has 1 saturated heterocycles. The SMILES string of the molecule is CC(C)CC[C@H]1[C@H]2C[C@H](CN(Cc3cc(-c4cccnc4)no3)C2)c2cccc(=O)n21. The number of nitrogens with zero attached hydrogens (tertiary/aromatic N) is 4. The second-order valence-electron chi connectivity index (χ2n) is 9.50. The number of hydrogen-bond donors (Lipinski definition) is 0. The van der Waals surface area contributed by atoms with Gasteiger partial charge in [-0.1, -0.05) is 25.1 Å². The first kappa shape index (κ1) is 20.2. The first-order valence-electron chi connectivity index (χ1n) is 11.4. The molecule has 0 aliphatic carbocycles. The van der Waals surface area contributed by atoms with Gasteiger partial charge in [-0.15, -0.1) is 0 Å². The van der Waals surface area contributed by atoms with Crippen molar-refractivity contribution in [3.05, 3.63) is 70.6 Å². The van der Waals surface area contributed by atoms with Gasteiger partial charge in [0.2, 0.25) is 0 Å². The van der Waals surface area contributed by atoms with Crippen molar-refractivity contribution in [3.63, 3.8) is 0 Å². The smallest absolute Gasteiger partial charge is 0.250 e. The normalized spacial score (nSPS) is 23.1. The van der Waals surface area contributed by atoms with Crippen molar-refractivity contribution in [2.24, 2.45) is 11.8 Å². The molecule has 3 atom stereocenters. The van der Waals surface area contributed by atoms with Crippen LogP contribution in [-0.2, 0) is 6.54 Å². The van der Waals surface area contributed by atoms with Gasteiger partial charge in [0.25, 0.3) is 5.56 Å². The van der Waals surface area contributed by atoms with E-state index in [-0.39, 0.29) is 11.6 Å². The summed E-state index contributed by atoms with van der Waals surface area (Å²) >= 11 is 0. The molecule has 0 N–H and O–H groups in total. The molecular formula is C25H30N4O2. The maximum Gasteiger partial charge on any atom is 0.250 e. The lowest BCUT2D eigenvalue weighted by Crippen LogP contribution is -2.49. The van der Waals surface area contributed by atoms with Crippen molar-refractivity contribution < 1.29 is 4.52 Å². The minimum Gasteiger partial charge on any atom is -0.359 e. The third-order valence-electron chi connectivity index (χ3n) is 6.81. The highest BCUT2D eigenvalue weighted by Gasteiger charge is 2.40. The molecule has 5 rings (SSSR count). The summed E-state index contributed by atoms with van der Waals surface area (Å²) < 4.78 is 7.78. The van der Waals surface area contributed by atoms with Gasteiger partial charge in [0.05, 0.1) is 6.54 Å². The van der Waals surface area contributed by atoms with Crippen LogP contribution in [0.25, 0.3) is 11.3 Å². The van der Waals surface area contributed by atoms with Crippen LogP contribution in [0.2, 0.25) is 0 Å². The van der Waals surface area contributed by atoms with E-state index in [1.165, 1.54) is 12.1 Å². The molecule has 2 bridgehead atoms. The van der Waals surface area contributed by atoms with E-state index in [1.54, 1.807) is 18.5 Å². The van der Waals surface area contributed by atoms with Crippen molar-refractivity contribution in [2.45, 2.75) is 51.6 Å². The van der Waals surface area contributed by atoms with Crippen molar-refractivity contribution in [1.29, 1.82) is 0 Å². The van der Waals surface area contributed by atoms with Crippen LogP contribution in [0.1, 0.15) is 56.5 Å². The summed E-state index contributed by atoms with van der Waals surface area (Å²) in [6, 6.07) is 12.0. The van der Waals surface area contributed by atoms with Crippen molar-refractivity contribution >= 4 is 0 Å². The largest absolute Gasteiger partial charge is 0.359 e. The summed E-state index contributed by atoms with van der Waals surface area (Å²) in [6.45, 7) is 7.20. The van der Waals surface area contributed by atoms with E-state index in [1.807, 2.05) is 24.3 Å². The maximum absolute atomic E-state index is 12.8. The lowest BCUT2D eigenvalue weighted by atomic mass is 9.76. The topological polar surface area (TPSA) is 64.2 Å². The molecule has 1 fully saturated rings. The number of fused-ring (bicyclic) bond motifs is 4. The van der Waals surface area contributed by atoms with Gasteiger partial charge in [0.15, 0.2) is 5.76 Å². The summed E-state index contributed by atoms with van der Waals surface area (Å²) in [4.78, 5) is 19.4. The number of aromatic nitrogens is 3. The average Bonchev–Trinajstić information content (AvgIpc) is 3.23. The van der Waals surface area contributed by atoms with E-state index >= 15 is 0 Å². The monoisotopic (exact) mass is 418 g/mol. The minimum atomic E-state index is 0.158. The van der Waals surface area contributed by atoms with Gasteiger partial charge in [-0.3, -0.25) is 14.7 Å². The molecule has 31 heavy (non-hydrogen) atoms. The predicted molar refractivity (Wildman–Crippen MR) is 120 cm³/mol. The Bertz CT molecular complexity index is 1090. The van der Waals surface area contributed by atoms with Gasteiger partial charge < -0.3 is 9.09 Å². The van der Waals surface area contributed by atoms with Gasteiger partial charge in [-0.25, -0.2) is 0 Å². The van der Waals surface area contributed by atoms with Crippen LogP contribution in [0.4, 0.5) is 0 Å². The molecule has 0 radical (unpaired) electrons. The Morgan fingerprint density at radius 3 is 2.90 bits per heavy atom. The Morgan fingerprint density at radius 1 is 1.19 bits per heavy atom. The van der Waals surface area contributed by atoms with E-state index in [0.29, 0.717) is 17.8 Å². The molecule has 0 saturated carbocycles. The van der Waals surface area contributed by atoms with Gasteiger partial charge in [0, 0.05) is 60.8 Å². The number of likely N-dealkylation sites (tertiary alicyclic amines) is 1. The Labute approximate surface area is 182 Å². The van der Waals surface area contributed by atoms with Gasteiger partial charge in [0.1, 0.15) is 5.69 Å². The molecular weight excluding hydrogens is 388 g/mol.